The van der Waals surface area contributed by atoms with E-state index < -0.39 is 0 Å². The van der Waals surface area contributed by atoms with E-state index in [4.69, 9.17) is 5.11 Å². The van der Waals surface area contributed by atoms with Crippen LogP contribution in [0.15, 0.2) is 18.2 Å². The molecule has 4 nitrogen and oxygen atoms in total. The lowest BCUT2D eigenvalue weighted by atomic mass is 10.2. The van der Waals surface area contributed by atoms with E-state index in [2.05, 4.69) is 10.2 Å². The van der Waals surface area contributed by atoms with Crippen LogP contribution in [0.1, 0.15) is 5.56 Å². The van der Waals surface area contributed by atoms with Crippen molar-refractivity contribution in [1.82, 2.24) is 15.0 Å². The van der Waals surface area contributed by atoms with Gasteiger partial charge in [0, 0.05) is 12.6 Å². The highest BCUT2D eigenvalue weighted by atomic mass is 16.3. The first-order chi connectivity index (χ1) is 5.81. The molecule has 1 aromatic heterocycles. The van der Waals surface area contributed by atoms with E-state index >= 15 is 0 Å². The molecule has 12 heavy (non-hydrogen) atoms. The van der Waals surface area contributed by atoms with Gasteiger partial charge in [0.15, 0.2) is 0 Å². The average molecular weight is 163 g/mol. The first kappa shape index (κ1) is 7.24. The number of aliphatic hydroxyl groups excluding tert-OH is 1. The lowest BCUT2D eigenvalue weighted by Gasteiger charge is -1.93. The largest absolute Gasteiger partial charge is 0.392 e. The molecule has 0 radical (unpaired) electrons. The molecule has 0 aliphatic rings. The van der Waals surface area contributed by atoms with Crippen molar-refractivity contribution in [2.45, 2.75) is 6.61 Å². The van der Waals surface area contributed by atoms with Crippen LogP contribution in [0.2, 0.25) is 0 Å². The number of aliphatic hydroxyl groups is 1. The van der Waals surface area contributed by atoms with Crippen molar-refractivity contribution < 1.29 is 5.11 Å². The fourth-order valence-electron chi connectivity index (χ4n) is 1.22. The van der Waals surface area contributed by atoms with E-state index in [0.29, 0.717) is 0 Å². The number of nitrogens with zero attached hydrogens (tertiary/aromatic N) is 3. The van der Waals surface area contributed by atoms with Crippen LogP contribution < -0.4 is 0 Å². The maximum atomic E-state index is 8.97. The van der Waals surface area contributed by atoms with Gasteiger partial charge < -0.3 is 5.11 Å². The second kappa shape index (κ2) is 2.57. The minimum Gasteiger partial charge on any atom is -0.392 e. The topological polar surface area (TPSA) is 50.9 Å². The van der Waals surface area contributed by atoms with Gasteiger partial charge in [-0.25, -0.2) is 0 Å². The Labute approximate surface area is 69.4 Å². The number of rotatable bonds is 1. The van der Waals surface area contributed by atoms with Gasteiger partial charge in [0.2, 0.25) is 0 Å². The lowest BCUT2D eigenvalue weighted by Crippen LogP contribution is -1.91. The highest BCUT2D eigenvalue weighted by Crippen LogP contribution is 2.13. The Morgan fingerprint density at radius 2 is 2.25 bits per heavy atom. The van der Waals surface area contributed by atoms with Gasteiger partial charge in [-0.3, -0.25) is 0 Å². The second-order valence-electron chi connectivity index (χ2n) is 2.63. The highest BCUT2D eigenvalue weighted by molar-refractivity contribution is 5.77. The Kier molecular flexibility index (Phi) is 1.55. The fourth-order valence-corrected chi connectivity index (χ4v) is 1.22. The van der Waals surface area contributed by atoms with Gasteiger partial charge in [-0.1, -0.05) is 12.1 Å². The molecule has 2 aromatic rings. The Bertz CT molecular complexity index is 408. The normalized spacial score (nSPS) is 10.8. The predicted molar refractivity (Wildman–Crippen MR) is 44.4 cm³/mol. The number of benzene rings is 1. The molecular formula is C8H9N3O. The first-order valence-corrected chi connectivity index (χ1v) is 3.71. The maximum Gasteiger partial charge on any atom is 0.118 e. The van der Waals surface area contributed by atoms with E-state index in [1.54, 1.807) is 7.05 Å². The van der Waals surface area contributed by atoms with E-state index in [1.807, 2.05) is 18.2 Å². The van der Waals surface area contributed by atoms with Crippen molar-refractivity contribution in [3.8, 4) is 0 Å². The molecule has 0 saturated heterocycles. The molecule has 0 fully saturated rings. The van der Waals surface area contributed by atoms with E-state index in [-0.39, 0.29) is 6.61 Å². The molecule has 0 atom stereocenters. The summed E-state index contributed by atoms with van der Waals surface area (Å²) in [5.74, 6) is 0. The van der Waals surface area contributed by atoms with Gasteiger partial charge in [0.25, 0.3) is 0 Å². The average Bonchev–Trinajstić information content (AvgIpc) is 2.44. The molecule has 4 heteroatoms. The standard InChI is InChI=1S/C8H9N3O/c1-11-9-7-4-2-3-6(5-12)8(7)10-11/h2-4,12H,5H2,1H3. The van der Waals surface area contributed by atoms with E-state index in [0.717, 1.165) is 16.6 Å². The summed E-state index contributed by atoms with van der Waals surface area (Å²) in [6.07, 6.45) is 0. The predicted octanol–water partition coefficient (Wildman–Crippen LogP) is 0.461. The van der Waals surface area contributed by atoms with Crippen molar-refractivity contribution in [2.24, 2.45) is 7.05 Å². The minimum atomic E-state index is 0.00995. The van der Waals surface area contributed by atoms with Gasteiger partial charge in [-0.2, -0.15) is 15.0 Å². The summed E-state index contributed by atoms with van der Waals surface area (Å²) in [7, 11) is 1.77. The number of aryl methyl sites for hydroxylation is 1. The van der Waals surface area contributed by atoms with E-state index in [9.17, 15) is 0 Å². The summed E-state index contributed by atoms with van der Waals surface area (Å²) < 4.78 is 0. The molecule has 0 spiro atoms. The SMILES string of the molecule is Cn1nc2cccc(CO)c2n1. The molecule has 1 aromatic carbocycles. The number of aromatic nitrogens is 3. The molecule has 0 saturated carbocycles. The molecule has 1 heterocycles. The van der Waals surface area contributed by atoms with Crippen LogP contribution in [-0.4, -0.2) is 20.1 Å². The van der Waals surface area contributed by atoms with Crippen LogP contribution in [-0.2, 0) is 13.7 Å². The molecule has 0 amide bonds. The van der Waals surface area contributed by atoms with E-state index in [1.165, 1.54) is 4.80 Å². The Balaban J connectivity index is 2.78. The van der Waals surface area contributed by atoms with Crippen molar-refractivity contribution in [1.29, 1.82) is 0 Å². The number of fused-ring (bicyclic) bond motifs is 1. The summed E-state index contributed by atoms with van der Waals surface area (Å²) in [5, 5.41) is 17.2. The molecule has 62 valence electrons. The summed E-state index contributed by atoms with van der Waals surface area (Å²) in [6.45, 7) is 0.00995. The summed E-state index contributed by atoms with van der Waals surface area (Å²) >= 11 is 0. The van der Waals surface area contributed by atoms with Crippen LogP contribution >= 0.6 is 0 Å². The van der Waals surface area contributed by atoms with Crippen molar-refractivity contribution in [3.05, 3.63) is 23.8 Å². The zero-order valence-corrected chi connectivity index (χ0v) is 6.73. The van der Waals surface area contributed by atoms with Crippen molar-refractivity contribution >= 4 is 11.0 Å². The molecular weight excluding hydrogens is 154 g/mol. The van der Waals surface area contributed by atoms with Crippen LogP contribution in [0, 0.1) is 0 Å². The van der Waals surface area contributed by atoms with Crippen LogP contribution in [0.5, 0.6) is 0 Å². The monoisotopic (exact) mass is 163 g/mol. The third-order valence-electron chi connectivity index (χ3n) is 1.77. The quantitative estimate of drug-likeness (QED) is 0.664. The zero-order chi connectivity index (χ0) is 8.55. The van der Waals surface area contributed by atoms with Crippen LogP contribution in [0.25, 0.3) is 11.0 Å². The van der Waals surface area contributed by atoms with Gasteiger partial charge in [-0.15, -0.1) is 0 Å². The third-order valence-corrected chi connectivity index (χ3v) is 1.77. The molecule has 0 aliphatic carbocycles. The molecule has 1 N–H and O–H groups in total. The molecule has 0 aliphatic heterocycles. The number of hydrogen-bond donors (Lipinski definition) is 1. The fraction of sp³-hybridized carbons (Fsp3) is 0.250. The van der Waals surface area contributed by atoms with Crippen molar-refractivity contribution in [3.63, 3.8) is 0 Å². The van der Waals surface area contributed by atoms with Gasteiger partial charge >= 0.3 is 0 Å². The molecule has 0 bridgehead atoms. The van der Waals surface area contributed by atoms with Gasteiger partial charge in [0.05, 0.1) is 6.61 Å². The Morgan fingerprint density at radius 3 is 3.00 bits per heavy atom. The highest BCUT2D eigenvalue weighted by Gasteiger charge is 2.03. The Morgan fingerprint density at radius 1 is 1.42 bits per heavy atom. The smallest absolute Gasteiger partial charge is 0.118 e. The first-order valence-electron chi connectivity index (χ1n) is 3.71. The van der Waals surface area contributed by atoms with Crippen LogP contribution in [0.4, 0.5) is 0 Å². The van der Waals surface area contributed by atoms with Gasteiger partial charge in [-0.05, 0) is 6.07 Å². The zero-order valence-electron chi connectivity index (χ0n) is 6.73. The molecule has 2 rings (SSSR count). The maximum absolute atomic E-state index is 8.97. The third kappa shape index (κ3) is 0.967. The summed E-state index contributed by atoms with van der Waals surface area (Å²) in [5.41, 5.74) is 2.42. The number of hydrogen-bond acceptors (Lipinski definition) is 3. The summed E-state index contributed by atoms with van der Waals surface area (Å²) in [4.78, 5) is 1.50. The lowest BCUT2D eigenvalue weighted by molar-refractivity contribution is 0.283. The Hall–Kier alpha value is -1.42. The van der Waals surface area contributed by atoms with Crippen molar-refractivity contribution in [2.75, 3.05) is 0 Å². The molecule has 0 unspecified atom stereocenters. The second-order valence-corrected chi connectivity index (χ2v) is 2.63. The minimum absolute atomic E-state index is 0.00995. The van der Waals surface area contributed by atoms with Gasteiger partial charge in [0.1, 0.15) is 11.0 Å². The summed E-state index contributed by atoms with van der Waals surface area (Å²) in [6, 6.07) is 5.58. The van der Waals surface area contributed by atoms with Crippen LogP contribution in [0.3, 0.4) is 0 Å².